The minimum absolute atomic E-state index is 0.0363. The van der Waals surface area contributed by atoms with Crippen LogP contribution in [0.15, 0.2) is 186 Å². The van der Waals surface area contributed by atoms with Crippen molar-refractivity contribution in [3.8, 4) is 33.4 Å². The summed E-state index contributed by atoms with van der Waals surface area (Å²) in [5, 5.41) is 3.78. The van der Waals surface area contributed by atoms with Crippen LogP contribution in [0.3, 0.4) is 0 Å². The van der Waals surface area contributed by atoms with Gasteiger partial charge in [0.25, 0.3) is 0 Å². The highest BCUT2D eigenvalue weighted by molar-refractivity contribution is 6.24. The molecule has 0 aliphatic carbocycles. The second-order valence-corrected chi connectivity index (χ2v) is 12.5. The van der Waals surface area contributed by atoms with Crippen molar-refractivity contribution in [3.05, 3.63) is 182 Å². The first kappa shape index (κ1) is 17.3. The molecule has 1 heteroatoms. The topological polar surface area (TPSA) is 13.1 Å². The molecule has 11 aromatic rings. The second-order valence-electron chi connectivity index (χ2n) is 12.5. The molecule has 1 heterocycles. The van der Waals surface area contributed by atoms with Crippen LogP contribution in [0.5, 0.6) is 0 Å². The van der Waals surface area contributed by atoms with Gasteiger partial charge in [0.15, 0.2) is 0 Å². The van der Waals surface area contributed by atoms with E-state index in [1.54, 1.807) is 12.1 Å². The summed E-state index contributed by atoms with van der Waals surface area (Å²) in [6, 6.07) is 19.0. The predicted molar refractivity (Wildman–Crippen MR) is 218 cm³/mol. The van der Waals surface area contributed by atoms with Crippen LogP contribution in [0.4, 0.5) is 0 Å². The zero-order chi connectivity index (χ0) is 46.5. The monoisotopic (exact) mass is 661 g/mol. The van der Waals surface area contributed by atoms with Gasteiger partial charge in [0.2, 0.25) is 0 Å². The quantitative estimate of drug-likeness (QED) is 0.172. The van der Waals surface area contributed by atoms with Crippen molar-refractivity contribution in [3.63, 3.8) is 0 Å². The molecule has 10 aromatic carbocycles. The Hall–Kier alpha value is -6.70. The smallest absolute Gasteiger partial charge is 0.136 e. The maximum absolute atomic E-state index is 9.45. The lowest BCUT2D eigenvalue weighted by molar-refractivity contribution is 0.669. The molecule has 0 atom stereocenters. The molecule has 51 heavy (non-hydrogen) atoms. The maximum atomic E-state index is 9.45. The largest absolute Gasteiger partial charge is 0.456 e. The lowest BCUT2D eigenvalue weighted by Crippen LogP contribution is -1.92. The first-order valence-corrected chi connectivity index (χ1v) is 16.4. The minimum atomic E-state index is -0.756. The van der Waals surface area contributed by atoms with Gasteiger partial charge in [0.05, 0.1) is 20.6 Å². The van der Waals surface area contributed by atoms with E-state index in [9.17, 15) is 6.85 Å². The molecule has 0 spiro atoms. The zero-order valence-electron chi connectivity index (χ0n) is 41.6. The van der Waals surface area contributed by atoms with E-state index in [1.807, 2.05) is 60.7 Å². The van der Waals surface area contributed by atoms with Crippen LogP contribution in [0.2, 0.25) is 0 Å². The molecule has 1 nitrogen and oxygen atoms in total. The summed E-state index contributed by atoms with van der Waals surface area (Å²) in [5.41, 5.74) is 2.83. The van der Waals surface area contributed by atoms with Crippen molar-refractivity contribution in [1.82, 2.24) is 0 Å². The second kappa shape index (κ2) is 10.9. The summed E-state index contributed by atoms with van der Waals surface area (Å²) in [5.74, 6) is 0. The molecule has 0 radical (unpaired) electrons. The van der Waals surface area contributed by atoms with Gasteiger partial charge in [-0.25, -0.2) is 0 Å². The molecular weight excluding hydrogens is 617 g/mol. The molecule has 0 amide bonds. The predicted octanol–water partition coefficient (Wildman–Crippen LogP) is 14.4. The molecule has 0 saturated carbocycles. The molecule has 0 bridgehead atoms. The minimum Gasteiger partial charge on any atom is -0.456 e. The number of hydrogen-bond acceptors (Lipinski definition) is 1. The van der Waals surface area contributed by atoms with Crippen LogP contribution in [-0.2, 0) is 0 Å². The molecule has 0 unspecified atom stereocenters. The summed E-state index contributed by atoms with van der Waals surface area (Å²) < 4.78 is 141. The van der Waals surface area contributed by atoms with Crippen LogP contribution in [0.25, 0.3) is 109 Å². The van der Waals surface area contributed by atoms with E-state index >= 15 is 0 Å². The summed E-state index contributed by atoms with van der Waals surface area (Å²) in [7, 11) is 0. The summed E-state index contributed by atoms with van der Waals surface area (Å²) in [6.07, 6.45) is 0. The van der Waals surface area contributed by atoms with Crippen LogP contribution in [0, 0.1) is 0 Å². The van der Waals surface area contributed by atoms with E-state index in [0.29, 0.717) is 10.9 Å². The van der Waals surface area contributed by atoms with Gasteiger partial charge in [0, 0.05) is 10.8 Å². The Morgan fingerprint density at radius 1 is 0.353 bits per heavy atom. The van der Waals surface area contributed by atoms with Crippen molar-refractivity contribution < 1.29 is 25.0 Å². The SMILES string of the molecule is [2H]c1c([2H])c([2H])c2c(-c3c4c([2H])c([2H])c([2H])c([2H])c4c(-c4ccc5c(-c6ccc7oc8ccc9ccccc9c8c7c6)cccc5c4)c4c([2H])c([2H])c([2H])c([2H])c34)c([2H])c([2H])c([2H])c2c1[2H]. The van der Waals surface area contributed by atoms with Crippen LogP contribution in [-0.4, -0.2) is 0 Å². The van der Waals surface area contributed by atoms with Gasteiger partial charge in [-0.05, 0) is 112 Å². The van der Waals surface area contributed by atoms with Crippen molar-refractivity contribution in [1.29, 1.82) is 0 Å². The average molecular weight is 662 g/mol. The van der Waals surface area contributed by atoms with E-state index in [4.69, 9.17) is 18.1 Å². The molecule has 0 aliphatic heterocycles. The Morgan fingerprint density at radius 2 is 1.02 bits per heavy atom. The van der Waals surface area contributed by atoms with Gasteiger partial charge in [-0.2, -0.15) is 0 Å². The van der Waals surface area contributed by atoms with Gasteiger partial charge < -0.3 is 4.42 Å². The van der Waals surface area contributed by atoms with Crippen molar-refractivity contribution in [2.45, 2.75) is 0 Å². The fourth-order valence-electron chi connectivity index (χ4n) is 7.57. The van der Waals surface area contributed by atoms with E-state index in [1.165, 1.54) is 0 Å². The Kier molecular flexibility index (Phi) is 3.70. The molecule has 0 saturated heterocycles. The highest BCUT2D eigenvalue weighted by Crippen LogP contribution is 2.46. The third-order valence-corrected chi connectivity index (χ3v) is 9.78. The van der Waals surface area contributed by atoms with Crippen molar-refractivity contribution in [2.24, 2.45) is 0 Å². The Labute approximate surface area is 315 Å². The lowest BCUT2D eigenvalue weighted by Gasteiger charge is -2.19. The molecule has 0 N–H and O–H groups in total. The average Bonchev–Trinajstić information content (AvgIpc) is 3.71. The van der Waals surface area contributed by atoms with E-state index in [-0.39, 0.29) is 32.7 Å². The van der Waals surface area contributed by atoms with Crippen molar-refractivity contribution in [2.75, 3.05) is 0 Å². The van der Waals surface area contributed by atoms with Crippen molar-refractivity contribution >= 4 is 75.8 Å². The Bertz CT molecular complexity index is 3970. The molecular formula is C50H30O. The third-order valence-electron chi connectivity index (χ3n) is 9.78. The van der Waals surface area contributed by atoms with Gasteiger partial charge in [-0.15, -0.1) is 0 Å². The normalized spacial score (nSPS) is 16.0. The lowest BCUT2D eigenvalue weighted by atomic mass is 9.84. The molecule has 0 fully saturated rings. The number of benzene rings is 10. The first-order valence-electron chi connectivity index (χ1n) is 23.9. The molecule has 0 aliphatic rings. The van der Waals surface area contributed by atoms with E-state index < -0.39 is 107 Å². The molecule has 11 rings (SSSR count). The van der Waals surface area contributed by atoms with Gasteiger partial charge in [0.1, 0.15) is 11.2 Å². The van der Waals surface area contributed by atoms with Crippen LogP contribution >= 0.6 is 0 Å². The van der Waals surface area contributed by atoms with Gasteiger partial charge in [-0.3, -0.25) is 0 Å². The fraction of sp³-hybridized carbons (Fsp3) is 0. The number of hydrogen-bond donors (Lipinski definition) is 0. The van der Waals surface area contributed by atoms with E-state index in [0.717, 1.165) is 49.2 Å². The van der Waals surface area contributed by atoms with Crippen LogP contribution in [0.1, 0.15) is 20.6 Å². The Morgan fingerprint density at radius 3 is 1.84 bits per heavy atom. The maximum Gasteiger partial charge on any atom is 0.136 e. The summed E-state index contributed by atoms with van der Waals surface area (Å²) >= 11 is 0. The highest BCUT2D eigenvalue weighted by atomic mass is 16.3. The highest BCUT2D eigenvalue weighted by Gasteiger charge is 2.19. The number of furan rings is 1. The summed E-state index contributed by atoms with van der Waals surface area (Å²) in [6.45, 7) is 0. The van der Waals surface area contributed by atoms with Crippen LogP contribution < -0.4 is 0 Å². The van der Waals surface area contributed by atoms with E-state index in [2.05, 4.69) is 18.2 Å². The Balaban J connectivity index is 1.27. The summed E-state index contributed by atoms with van der Waals surface area (Å²) in [4.78, 5) is 0. The number of rotatable bonds is 3. The molecule has 236 valence electrons. The number of fused-ring (bicyclic) bond motifs is 9. The van der Waals surface area contributed by atoms with Gasteiger partial charge in [-0.1, -0.05) is 157 Å². The first-order chi connectivity index (χ1) is 31.5. The third kappa shape index (κ3) is 4.22. The molecule has 1 aromatic heterocycles. The fourth-order valence-corrected chi connectivity index (χ4v) is 7.57. The zero-order valence-corrected chi connectivity index (χ0v) is 26.6. The van der Waals surface area contributed by atoms with Gasteiger partial charge >= 0.3 is 0 Å². The standard InChI is InChI=1S/C50H30O/c1-3-15-36-31(11-1)13-9-22-40(36)49-43-19-7-5-17-41(43)48(42-18-6-8-20-44(42)49)35-23-26-38-33(29-35)14-10-21-37(38)34-25-27-46-45(30-34)50-39-16-4-2-12-32(39)24-28-47(50)51-46/h1-30H/i1D,3D,5D,6D,7D,8D,9D,11D,13D,15D,17D,18D,19D,20D,22D.